The van der Waals surface area contributed by atoms with Crippen molar-refractivity contribution >= 4 is 39.2 Å². The van der Waals surface area contributed by atoms with E-state index in [1.807, 2.05) is 20.8 Å². The van der Waals surface area contributed by atoms with Crippen molar-refractivity contribution in [2.75, 3.05) is 32.7 Å². The Bertz CT molecular complexity index is 577. The van der Waals surface area contributed by atoms with Crippen LogP contribution in [-0.4, -0.2) is 50.2 Å². The van der Waals surface area contributed by atoms with Crippen LogP contribution < -0.4 is 20.4 Å². The molecule has 0 bridgehead atoms. The molecule has 0 spiro atoms. The van der Waals surface area contributed by atoms with Crippen molar-refractivity contribution < 1.29 is 19.4 Å². The summed E-state index contributed by atoms with van der Waals surface area (Å²) in [5, 5.41) is 5.15. The van der Waals surface area contributed by atoms with E-state index in [0.29, 0.717) is 6.54 Å². The number of carbonyl (C=O) groups excluding carboxylic acids is 2. The molecule has 2 rings (SSSR count). The Morgan fingerprint density at radius 1 is 1.17 bits per heavy atom. The molecule has 0 radical (unpaired) electrons. The number of hydrogen-bond acceptors (Lipinski definition) is 3. The number of amides is 3. The Labute approximate surface area is 155 Å². The first-order chi connectivity index (χ1) is 11.2. The van der Waals surface area contributed by atoms with Gasteiger partial charge in [-0.15, -0.1) is 11.3 Å². The van der Waals surface area contributed by atoms with Gasteiger partial charge in [-0.1, -0.05) is 0 Å². The predicted molar refractivity (Wildman–Crippen MR) is 98.4 cm³/mol. The molecule has 3 amide bonds. The van der Waals surface area contributed by atoms with Gasteiger partial charge < -0.3 is 15.1 Å². The number of rotatable bonds is 4. The van der Waals surface area contributed by atoms with Gasteiger partial charge in [0.15, 0.2) is 6.54 Å². The highest BCUT2D eigenvalue weighted by molar-refractivity contribution is 9.11. The summed E-state index contributed by atoms with van der Waals surface area (Å²) in [6.45, 7) is 11.1. The lowest BCUT2D eigenvalue weighted by Crippen LogP contribution is -3.28. The van der Waals surface area contributed by atoms with E-state index in [0.717, 1.165) is 32.7 Å². The Balaban J connectivity index is 1.68. The van der Waals surface area contributed by atoms with E-state index < -0.39 is 6.03 Å². The summed E-state index contributed by atoms with van der Waals surface area (Å²) in [5.74, 6) is -0.211. The zero-order valence-corrected chi connectivity index (χ0v) is 16.9. The zero-order chi connectivity index (χ0) is 17.7. The SMILES string of the molecule is CC(C)(C)NC(=O)NC(=O)C[NH+]1CC[NH+](Cc2ccc(Br)s2)CC1. The normalized spacial score (nSPS) is 21.3. The number of piperazine rings is 1. The maximum atomic E-state index is 12.0. The molecule has 1 fully saturated rings. The molecule has 24 heavy (non-hydrogen) atoms. The van der Waals surface area contributed by atoms with Gasteiger partial charge in [0.05, 0.1) is 8.66 Å². The first kappa shape index (κ1) is 19.4. The molecule has 4 N–H and O–H groups in total. The van der Waals surface area contributed by atoms with E-state index in [2.05, 4.69) is 38.7 Å². The molecule has 1 aromatic heterocycles. The number of carbonyl (C=O) groups is 2. The van der Waals surface area contributed by atoms with E-state index >= 15 is 0 Å². The summed E-state index contributed by atoms with van der Waals surface area (Å²) in [6.07, 6.45) is 0. The van der Waals surface area contributed by atoms with Gasteiger partial charge in [-0.05, 0) is 48.8 Å². The molecule has 0 saturated carbocycles. The highest BCUT2D eigenvalue weighted by Gasteiger charge is 2.26. The summed E-state index contributed by atoms with van der Waals surface area (Å²) in [4.78, 5) is 27.9. The average Bonchev–Trinajstić information content (AvgIpc) is 2.84. The minimum Gasteiger partial charge on any atom is -0.333 e. The number of halogens is 1. The molecule has 1 aromatic rings. The van der Waals surface area contributed by atoms with Gasteiger partial charge in [0, 0.05) is 5.54 Å². The first-order valence-electron chi connectivity index (χ1n) is 8.24. The largest absolute Gasteiger partial charge is 0.333 e. The van der Waals surface area contributed by atoms with Gasteiger partial charge >= 0.3 is 6.03 Å². The van der Waals surface area contributed by atoms with Crippen LogP contribution in [0.15, 0.2) is 15.9 Å². The molecule has 2 heterocycles. The molecule has 6 nitrogen and oxygen atoms in total. The maximum Gasteiger partial charge on any atom is 0.322 e. The maximum absolute atomic E-state index is 12.0. The van der Waals surface area contributed by atoms with Crippen molar-refractivity contribution in [1.82, 2.24) is 10.6 Å². The fraction of sp³-hybridized carbons (Fsp3) is 0.625. The third-order valence-corrected chi connectivity index (χ3v) is 5.49. The molecule has 1 aliphatic rings. The highest BCUT2D eigenvalue weighted by atomic mass is 79.9. The van der Waals surface area contributed by atoms with E-state index in [4.69, 9.17) is 0 Å². The number of imide groups is 1. The van der Waals surface area contributed by atoms with Gasteiger partial charge in [0.1, 0.15) is 32.7 Å². The van der Waals surface area contributed by atoms with Crippen molar-refractivity contribution in [1.29, 1.82) is 0 Å². The first-order valence-corrected chi connectivity index (χ1v) is 9.85. The van der Waals surface area contributed by atoms with Crippen molar-refractivity contribution in [3.8, 4) is 0 Å². The van der Waals surface area contributed by atoms with E-state index in [9.17, 15) is 9.59 Å². The fourth-order valence-electron chi connectivity index (χ4n) is 2.77. The number of urea groups is 1. The number of hydrogen-bond donors (Lipinski definition) is 4. The molecule has 134 valence electrons. The standard InChI is InChI=1S/C16H25BrN4O2S/c1-16(2,3)19-15(23)18-14(22)11-21-8-6-20(7-9-21)10-12-4-5-13(17)24-12/h4-5H,6-11H2,1-3H3,(H2,18,19,22,23)/p+2. The van der Waals surface area contributed by atoms with Crippen LogP contribution in [0.2, 0.25) is 0 Å². The third kappa shape index (κ3) is 6.88. The van der Waals surface area contributed by atoms with Crippen molar-refractivity contribution in [2.45, 2.75) is 32.9 Å². The molecule has 0 aliphatic carbocycles. The molecular weight excluding hydrogens is 392 g/mol. The monoisotopic (exact) mass is 418 g/mol. The van der Waals surface area contributed by atoms with Crippen LogP contribution in [0.4, 0.5) is 4.79 Å². The van der Waals surface area contributed by atoms with Crippen LogP contribution in [0.3, 0.4) is 0 Å². The molecule has 8 heteroatoms. The molecule has 0 unspecified atom stereocenters. The van der Waals surface area contributed by atoms with Crippen LogP contribution >= 0.6 is 27.3 Å². The average molecular weight is 419 g/mol. The van der Waals surface area contributed by atoms with Crippen LogP contribution in [0.5, 0.6) is 0 Å². The summed E-state index contributed by atoms with van der Waals surface area (Å²) >= 11 is 5.28. The second kappa shape index (κ2) is 8.42. The van der Waals surface area contributed by atoms with E-state index in [1.54, 1.807) is 16.2 Å². The molecule has 0 aromatic carbocycles. The molecule has 1 aliphatic heterocycles. The second-order valence-electron chi connectivity index (χ2n) is 7.31. The van der Waals surface area contributed by atoms with Crippen LogP contribution in [0, 0.1) is 0 Å². The number of nitrogens with one attached hydrogen (secondary N) is 4. The smallest absolute Gasteiger partial charge is 0.322 e. The Kier molecular flexibility index (Phi) is 6.79. The Morgan fingerprint density at radius 3 is 2.33 bits per heavy atom. The summed E-state index contributed by atoms with van der Waals surface area (Å²) in [5.41, 5.74) is -0.344. The van der Waals surface area contributed by atoms with E-state index in [1.165, 1.54) is 13.6 Å². The topological polar surface area (TPSA) is 67.1 Å². The van der Waals surface area contributed by atoms with Crippen molar-refractivity contribution in [3.63, 3.8) is 0 Å². The van der Waals surface area contributed by atoms with Crippen LogP contribution in [0.1, 0.15) is 25.6 Å². The summed E-state index contributed by atoms with van der Waals surface area (Å²) < 4.78 is 1.17. The lowest BCUT2D eigenvalue weighted by molar-refractivity contribution is -1.01. The zero-order valence-electron chi connectivity index (χ0n) is 14.5. The van der Waals surface area contributed by atoms with Gasteiger partial charge in [0.25, 0.3) is 5.91 Å². The molecule has 1 saturated heterocycles. The van der Waals surface area contributed by atoms with Gasteiger partial charge in [0.2, 0.25) is 0 Å². The molecule has 0 atom stereocenters. The summed E-state index contributed by atoms with van der Waals surface area (Å²) in [7, 11) is 0. The lowest BCUT2D eigenvalue weighted by Gasteiger charge is -2.29. The highest BCUT2D eigenvalue weighted by Crippen LogP contribution is 2.21. The van der Waals surface area contributed by atoms with Crippen LogP contribution in [-0.2, 0) is 11.3 Å². The van der Waals surface area contributed by atoms with Crippen LogP contribution in [0.25, 0.3) is 0 Å². The van der Waals surface area contributed by atoms with Crippen molar-refractivity contribution in [3.05, 3.63) is 20.8 Å². The summed E-state index contributed by atoms with van der Waals surface area (Å²) in [6, 6.07) is 3.84. The van der Waals surface area contributed by atoms with Gasteiger partial charge in [-0.2, -0.15) is 0 Å². The fourth-order valence-corrected chi connectivity index (χ4v) is 4.33. The minimum absolute atomic E-state index is 0.211. The predicted octanol–water partition coefficient (Wildman–Crippen LogP) is -0.582. The number of thiophene rings is 1. The van der Waals surface area contributed by atoms with E-state index in [-0.39, 0.29) is 11.4 Å². The Morgan fingerprint density at radius 2 is 1.79 bits per heavy atom. The quantitative estimate of drug-likeness (QED) is 0.528. The lowest BCUT2D eigenvalue weighted by atomic mass is 10.1. The second-order valence-corrected chi connectivity index (χ2v) is 9.86. The van der Waals surface area contributed by atoms with Gasteiger partial charge in [-0.3, -0.25) is 10.1 Å². The van der Waals surface area contributed by atoms with Gasteiger partial charge in [-0.25, -0.2) is 4.79 Å². The van der Waals surface area contributed by atoms with Crippen molar-refractivity contribution in [2.24, 2.45) is 0 Å². The third-order valence-electron chi connectivity index (χ3n) is 3.87. The number of quaternary nitrogens is 2. The molecular formula is C16H27BrN4O2S+2. The minimum atomic E-state index is -0.417. The Hall–Kier alpha value is -0.960.